The molecule has 0 fully saturated rings. The average molecular weight is 272 g/mol. The Morgan fingerprint density at radius 3 is 2.80 bits per heavy atom. The molecule has 0 saturated carbocycles. The summed E-state index contributed by atoms with van der Waals surface area (Å²) in [6.07, 6.45) is 1.97. The molecule has 106 valence electrons. The van der Waals surface area contributed by atoms with E-state index >= 15 is 0 Å². The number of anilines is 1. The van der Waals surface area contributed by atoms with E-state index in [-0.39, 0.29) is 5.56 Å². The number of aromatic nitrogens is 2. The summed E-state index contributed by atoms with van der Waals surface area (Å²) in [5.41, 5.74) is 4.57. The minimum Gasteiger partial charge on any atom is -0.277 e. The molecule has 1 aromatic carbocycles. The monoisotopic (exact) mass is 272 g/mol. The molecule has 1 aromatic heterocycles. The van der Waals surface area contributed by atoms with Gasteiger partial charge in [-0.15, -0.1) is 0 Å². The first-order valence-electron chi connectivity index (χ1n) is 6.96. The highest BCUT2D eigenvalue weighted by Gasteiger charge is 2.08. The molecule has 0 unspecified atom stereocenters. The summed E-state index contributed by atoms with van der Waals surface area (Å²) in [5.74, 6) is 0.492. The summed E-state index contributed by atoms with van der Waals surface area (Å²) in [5, 5.41) is 4.92. The highest BCUT2D eigenvalue weighted by Crippen LogP contribution is 2.11. The van der Waals surface area contributed by atoms with Crippen molar-refractivity contribution in [3.8, 4) is 0 Å². The summed E-state index contributed by atoms with van der Waals surface area (Å²) < 4.78 is 1.60. The predicted molar refractivity (Wildman–Crippen MR) is 83.3 cm³/mol. The van der Waals surface area contributed by atoms with Crippen LogP contribution in [0.15, 0.2) is 34.2 Å². The van der Waals surface area contributed by atoms with Crippen molar-refractivity contribution >= 4 is 22.6 Å². The second-order valence-electron chi connectivity index (χ2n) is 4.71. The van der Waals surface area contributed by atoms with Gasteiger partial charge in [0.15, 0.2) is 0 Å². The summed E-state index contributed by atoms with van der Waals surface area (Å²) in [6, 6.07) is 7.36. The predicted octanol–water partition coefficient (Wildman–Crippen LogP) is 3.00. The number of rotatable bonds is 5. The van der Waals surface area contributed by atoms with Gasteiger partial charge in [0, 0.05) is 12.3 Å². The normalized spacial score (nSPS) is 11.8. The third-order valence-electron chi connectivity index (χ3n) is 3.14. The zero-order chi connectivity index (χ0) is 14.5. The molecular weight excluding hydrogens is 252 g/mol. The standard InChI is InChI=1S/C15H20N4O/c1-4-8-11(3)17-18-15-16-13-10-7-6-9-12(13)14(20)19(15)5-2/h6-7,9-10H,4-5,8H2,1-3H3,(H,16,18)/b17-11-. The number of benzene rings is 1. The van der Waals surface area contributed by atoms with Crippen LogP contribution in [0.4, 0.5) is 5.95 Å². The maximum absolute atomic E-state index is 12.4. The third kappa shape index (κ3) is 2.87. The van der Waals surface area contributed by atoms with Gasteiger partial charge in [0.1, 0.15) is 0 Å². The lowest BCUT2D eigenvalue weighted by atomic mass is 10.2. The van der Waals surface area contributed by atoms with Crippen molar-refractivity contribution in [2.75, 3.05) is 5.43 Å². The first kappa shape index (κ1) is 14.2. The summed E-state index contributed by atoms with van der Waals surface area (Å²) in [4.78, 5) is 16.9. The molecule has 0 atom stereocenters. The number of hydrogen-bond acceptors (Lipinski definition) is 4. The Bertz CT molecular complexity index is 688. The van der Waals surface area contributed by atoms with Crippen LogP contribution in [0.1, 0.15) is 33.6 Å². The Balaban J connectivity index is 2.47. The Labute approximate surface area is 118 Å². The smallest absolute Gasteiger partial charge is 0.262 e. The van der Waals surface area contributed by atoms with Crippen molar-refractivity contribution in [3.63, 3.8) is 0 Å². The van der Waals surface area contributed by atoms with Gasteiger partial charge in [-0.05, 0) is 32.4 Å². The van der Waals surface area contributed by atoms with E-state index in [4.69, 9.17) is 0 Å². The van der Waals surface area contributed by atoms with Crippen LogP contribution in [0.25, 0.3) is 10.9 Å². The molecule has 0 saturated heterocycles. The minimum atomic E-state index is -0.0380. The molecule has 0 spiro atoms. The number of nitrogens with zero attached hydrogens (tertiary/aromatic N) is 3. The molecule has 2 aromatic rings. The molecule has 1 N–H and O–H groups in total. The molecule has 20 heavy (non-hydrogen) atoms. The van der Waals surface area contributed by atoms with Crippen LogP contribution in [0.5, 0.6) is 0 Å². The Morgan fingerprint density at radius 1 is 1.35 bits per heavy atom. The first-order valence-corrected chi connectivity index (χ1v) is 6.96. The molecule has 0 amide bonds. The topological polar surface area (TPSA) is 59.3 Å². The Kier molecular flexibility index (Phi) is 4.50. The van der Waals surface area contributed by atoms with Crippen LogP contribution in [-0.2, 0) is 6.54 Å². The summed E-state index contributed by atoms with van der Waals surface area (Å²) >= 11 is 0. The van der Waals surface area contributed by atoms with Gasteiger partial charge in [-0.25, -0.2) is 10.4 Å². The lowest BCUT2D eigenvalue weighted by Gasteiger charge is -2.11. The maximum Gasteiger partial charge on any atom is 0.262 e. The van der Waals surface area contributed by atoms with Crippen LogP contribution >= 0.6 is 0 Å². The number of para-hydroxylation sites is 1. The van der Waals surface area contributed by atoms with Crippen LogP contribution < -0.4 is 11.0 Å². The molecule has 0 radical (unpaired) electrons. The molecular formula is C15H20N4O. The first-order chi connectivity index (χ1) is 9.67. The van der Waals surface area contributed by atoms with Gasteiger partial charge in [0.2, 0.25) is 5.95 Å². The fraction of sp³-hybridized carbons (Fsp3) is 0.400. The molecule has 0 bridgehead atoms. The van der Waals surface area contributed by atoms with E-state index in [1.807, 2.05) is 32.0 Å². The van der Waals surface area contributed by atoms with Crippen molar-refractivity contribution in [2.24, 2.45) is 5.10 Å². The minimum absolute atomic E-state index is 0.0380. The van der Waals surface area contributed by atoms with Gasteiger partial charge in [-0.2, -0.15) is 5.10 Å². The third-order valence-corrected chi connectivity index (χ3v) is 3.14. The second kappa shape index (κ2) is 6.32. The fourth-order valence-corrected chi connectivity index (χ4v) is 2.11. The zero-order valence-corrected chi connectivity index (χ0v) is 12.2. The van der Waals surface area contributed by atoms with Gasteiger partial charge in [0.05, 0.1) is 10.9 Å². The molecule has 0 aliphatic rings. The van der Waals surface area contributed by atoms with E-state index < -0.39 is 0 Å². The maximum atomic E-state index is 12.4. The van der Waals surface area contributed by atoms with E-state index in [9.17, 15) is 4.79 Å². The van der Waals surface area contributed by atoms with Crippen molar-refractivity contribution in [3.05, 3.63) is 34.6 Å². The van der Waals surface area contributed by atoms with Crippen LogP contribution in [0, 0.1) is 0 Å². The quantitative estimate of drug-likeness (QED) is 0.672. The lowest BCUT2D eigenvalue weighted by Crippen LogP contribution is -2.23. The summed E-state index contributed by atoms with van der Waals surface area (Å²) in [7, 11) is 0. The molecule has 0 aliphatic heterocycles. The number of hydrazone groups is 1. The Hall–Kier alpha value is -2.17. The SMILES string of the molecule is CCC/C(C)=N\Nc1nc2ccccc2c(=O)n1CC. The lowest BCUT2D eigenvalue weighted by molar-refractivity contribution is 0.724. The summed E-state index contributed by atoms with van der Waals surface area (Å²) in [6.45, 7) is 6.55. The average Bonchev–Trinajstić information content (AvgIpc) is 2.46. The highest BCUT2D eigenvalue weighted by molar-refractivity contribution is 5.82. The van der Waals surface area contributed by atoms with E-state index in [1.165, 1.54) is 0 Å². The molecule has 1 heterocycles. The molecule has 0 aliphatic carbocycles. The molecule has 5 heteroatoms. The number of fused-ring (bicyclic) bond motifs is 1. The van der Waals surface area contributed by atoms with Crippen LogP contribution in [0.2, 0.25) is 0 Å². The van der Waals surface area contributed by atoms with E-state index in [1.54, 1.807) is 10.6 Å². The molecule has 2 rings (SSSR count). The van der Waals surface area contributed by atoms with E-state index in [0.717, 1.165) is 18.6 Å². The number of nitrogens with one attached hydrogen (secondary N) is 1. The van der Waals surface area contributed by atoms with Gasteiger partial charge in [-0.1, -0.05) is 25.5 Å². The van der Waals surface area contributed by atoms with Gasteiger partial charge >= 0.3 is 0 Å². The number of hydrogen-bond donors (Lipinski definition) is 1. The van der Waals surface area contributed by atoms with Crippen molar-refractivity contribution < 1.29 is 0 Å². The van der Waals surface area contributed by atoms with Gasteiger partial charge in [-0.3, -0.25) is 9.36 Å². The zero-order valence-electron chi connectivity index (χ0n) is 12.2. The Morgan fingerprint density at radius 2 is 2.10 bits per heavy atom. The second-order valence-corrected chi connectivity index (χ2v) is 4.71. The largest absolute Gasteiger partial charge is 0.277 e. The van der Waals surface area contributed by atoms with E-state index in [0.29, 0.717) is 23.4 Å². The fourth-order valence-electron chi connectivity index (χ4n) is 2.11. The van der Waals surface area contributed by atoms with Crippen molar-refractivity contribution in [1.82, 2.24) is 9.55 Å². The highest BCUT2D eigenvalue weighted by atomic mass is 16.1. The van der Waals surface area contributed by atoms with E-state index in [2.05, 4.69) is 22.4 Å². The van der Waals surface area contributed by atoms with Gasteiger partial charge in [0.25, 0.3) is 5.56 Å². The van der Waals surface area contributed by atoms with Crippen molar-refractivity contribution in [1.29, 1.82) is 0 Å². The van der Waals surface area contributed by atoms with Gasteiger partial charge < -0.3 is 0 Å². The molecule has 5 nitrogen and oxygen atoms in total. The van der Waals surface area contributed by atoms with Crippen LogP contribution in [0.3, 0.4) is 0 Å². The van der Waals surface area contributed by atoms with Crippen molar-refractivity contribution in [2.45, 2.75) is 40.2 Å². The van der Waals surface area contributed by atoms with Crippen LogP contribution in [-0.4, -0.2) is 15.3 Å².